The Bertz CT molecular complexity index is 465. The Labute approximate surface area is 128 Å². The molecule has 1 N–H and O–H groups in total. The van der Waals surface area contributed by atoms with Crippen molar-refractivity contribution in [2.75, 3.05) is 27.2 Å². The summed E-state index contributed by atoms with van der Waals surface area (Å²) < 4.78 is 2.46. The van der Waals surface area contributed by atoms with Crippen LogP contribution >= 0.6 is 0 Å². The summed E-state index contributed by atoms with van der Waals surface area (Å²) in [5.74, 6) is 0. The normalized spacial score (nSPS) is 24.6. The number of likely N-dealkylation sites (N-methyl/N-ethyl adjacent to an activating group) is 1. The lowest BCUT2D eigenvalue weighted by Crippen LogP contribution is -2.46. The molecule has 0 unspecified atom stereocenters. The fraction of sp³-hybridized carbons (Fsp3) is 0.824. The zero-order chi connectivity index (χ0) is 14.9. The van der Waals surface area contributed by atoms with E-state index in [-0.39, 0.29) is 5.41 Å². The molecule has 1 aliphatic heterocycles. The zero-order valence-corrected chi connectivity index (χ0v) is 13.9. The monoisotopic (exact) mass is 290 g/mol. The van der Waals surface area contributed by atoms with E-state index < -0.39 is 0 Å². The number of piperidine rings is 1. The van der Waals surface area contributed by atoms with Gasteiger partial charge in [0.05, 0.1) is 6.33 Å². The van der Waals surface area contributed by atoms with Crippen LogP contribution in [0.2, 0.25) is 0 Å². The number of rotatable bonds is 4. The van der Waals surface area contributed by atoms with Crippen LogP contribution in [0.5, 0.6) is 0 Å². The highest BCUT2D eigenvalue weighted by atomic mass is 15.2. The van der Waals surface area contributed by atoms with E-state index in [0.717, 1.165) is 19.6 Å². The van der Waals surface area contributed by atoms with E-state index in [1.165, 1.54) is 44.2 Å². The van der Waals surface area contributed by atoms with E-state index >= 15 is 0 Å². The van der Waals surface area contributed by atoms with Crippen LogP contribution < -0.4 is 5.32 Å². The van der Waals surface area contributed by atoms with E-state index in [1.807, 2.05) is 0 Å². The smallest absolute Gasteiger partial charge is 0.0949 e. The molecule has 1 aromatic heterocycles. The lowest BCUT2D eigenvalue weighted by molar-refractivity contribution is 0.130. The second-order valence-corrected chi connectivity index (χ2v) is 7.54. The molecule has 1 aliphatic carbocycles. The lowest BCUT2D eigenvalue weighted by Gasteiger charge is -2.40. The van der Waals surface area contributed by atoms with E-state index in [4.69, 9.17) is 0 Å². The molecule has 0 bridgehead atoms. The van der Waals surface area contributed by atoms with Gasteiger partial charge in [-0.15, -0.1) is 0 Å². The van der Waals surface area contributed by atoms with Gasteiger partial charge in [-0.2, -0.15) is 0 Å². The first-order valence-corrected chi connectivity index (χ1v) is 8.45. The molecule has 2 fully saturated rings. The van der Waals surface area contributed by atoms with Gasteiger partial charge in [0.25, 0.3) is 0 Å². The maximum atomic E-state index is 4.50. The Kier molecular flexibility index (Phi) is 4.10. The highest BCUT2D eigenvalue weighted by molar-refractivity contribution is 5.16. The quantitative estimate of drug-likeness (QED) is 0.924. The SMILES string of the molecule is CN(C)C1(Cn2cncc2C2(C)CCNCC2)CCCC1. The van der Waals surface area contributed by atoms with Gasteiger partial charge in [0.2, 0.25) is 0 Å². The van der Waals surface area contributed by atoms with Crippen molar-refractivity contribution in [2.45, 2.75) is 62.9 Å². The molecule has 0 aromatic carbocycles. The second-order valence-electron chi connectivity index (χ2n) is 7.54. The minimum Gasteiger partial charge on any atom is -0.332 e. The molecule has 3 rings (SSSR count). The number of nitrogens with zero attached hydrogens (tertiary/aromatic N) is 3. The topological polar surface area (TPSA) is 33.1 Å². The molecule has 0 spiro atoms. The van der Waals surface area contributed by atoms with Crippen LogP contribution in [0.1, 0.15) is 51.1 Å². The van der Waals surface area contributed by atoms with Gasteiger partial charge in [0, 0.05) is 29.4 Å². The summed E-state index contributed by atoms with van der Waals surface area (Å²) in [5.41, 5.74) is 2.06. The summed E-state index contributed by atoms with van der Waals surface area (Å²) in [4.78, 5) is 6.95. The highest BCUT2D eigenvalue weighted by Gasteiger charge is 2.38. The average Bonchev–Trinajstić information content (AvgIpc) is 3.10. The third kappa shape index (κ3) is 2.76. The van der Waals surface area contributed by atoms with Gasteiger partial charge in [0.1, 0.15) is 0 Å². The predicted octanol–water partition coefficient (Wildman–Crippen LogP) is 2.40. The van der Waals surface area contributed by atoms with Crippen LogP contribution in [0.25, 0.3) is 0 Å². The minimum absolute atomic E-state index is 0.286. The molecular formula is C17H30N4. The third-order valence-corrected chi connectivity index (χ3v) is 5.99. The van der Waals surface area contributed by atoms with Crippen LogP contribution in [0, 0.1) is 0 Å². The molecule has 4 heteroatoms. The van der Waals surface area contributed by atoms with Gasteiger partial charge in [-0.05, 0) is 52.9 Å². The van der Waals surface area contributed by atoms with Crippen molar-refractivity contribution in [3.63, 3.8) is 0 Å². The Morgan fingerprint density at radius 1 is 1.19 bits per heavy atom. The number of hydrogen-bond acceptors (Lipinski definition) is 3. The summed E-state index contributed by atoms with van der Waals surface area (Å²) in [6.45, 7) is 5.76. The van der Waals surface area contributed by atoms with Crippen molar-refractivity contribution in [3.8, 4) is 0 Å². The van der Waals surface area contributed by atoms with Crippen molar-refractivity contribution >= 4 is 0 Å². The Balaban J connectivity index is 1.85. The predicted molar refractivity (Wildman–Crippen MR) is 86.6 cm³/mol. The Morgan fingerprint density at radius 2 is 1.86 bits per heavy atom. The van der Waals surface area contributed by atoms with Crippen LogP contribution in [0.15, 0.2) is 12.5 Å². The summed E-state index contributed by atoms with van der Waals surface area (Å²) in [6, 6.07) is 0. The lowest BCUT2D eigenvalue weighted by atomic mass is 9.78. The number of imidazole rings is 1. The molecule has 2 aliphatic rings. The van der Waals surface area contributed by atoms with Gasteiger partial charge in [0.15, 0.2) is 0 Å². The first kappa shape index (κ1) is 15.0. The van der Waals surface area contributed by atoms with Crippen LogP contribution in [-0.2, 0) is 12.0 Å². The van der Waals surface area contributed by atoms with E-state index in [0.29, 0.717) is 5.54 Å². The maximum absolute atomic E-state index is 4.50. The summed E-state index contributed by atoms with van der Waals surface area (Å²) >= 11 is 0. The van der Waals surface area contributed by atoms with Crippen molar-refractivity contribution < 1.29 is 0 Å². The van der Waals surface area contributed by atoms with Gasteiger partial charge in [-0.3, -0.25) is 0 Å². The van der Waals surface area contributed by atoms with Crippen LogP contribution in [0.3, 0.4) is 0 Å². The van der Waals surface area contributed by atoms with Gasteiger partial charge in [-0.1, -0.05) is 19.8 Å². The molecule has 0 radical (unpaired) electrons. The van der Waals surface area contributed by atoms with Crippen LogP contribution in [-0.4, -0.2) is 47.2 Å². The van der Waals surface area contributed by atoms with Gasteiger partial charge >= 0.3 is 0 Å². The second kappa shape index (κ2) is 5.73. The first-order valence-electron chi connectivity index (χ1n) is 8.45. The van der Waals surface area contributed by atoms with Crippen LogP contribution in [0.4, 0.5) is 0 Å². The number of aromatic nitrogens is 2. The molecule has 118 valence electrons. The maximum Gasteiger partial charge on any atom is 0.0949 e. The summed E-state index contributed by atoms with van der Waals surface area (Å²) in [7, 11) is 4.49. The molecule has 0 atom stereocenters. The van der Waals surface area contributed by atoms with Crippen molar-refractivity contribution in [3.05, 3.63) is 18.2 Å². The third-order valence-electron chi connectivity index (χ3n) is 5.99. The highest BCUT2D eigenvalue weighted by Crippen LogP contribution is 2.38. The van der Waals surface area contributed by atoms with Crippen molar-refractivity contribution in [1.82, 2.24) is 19.8 Å². The number of hydrogen-bond donors (Lipinski definition) is 1. The zero-order valence-electron chi connectivity index (χ0n) is 13.9. The molecule has 1 saturated heterocycles. The van der Waals surface area contributed by atoms with Crippen molar-refractivity contribution in [1.29, 1.82) is 0 Å². The first-order chi connectivity index (χ1) is 10.1. The molecular weight excluding hydrogens is 260 g/mol. The molecule has 0 amide bonds. The molecule has 4 nitrogen and oxygen atoms in total. The molecule has 1 aromatic rings. The molecule has 1 saturated carbocycles. The Morgan fingerprint density at radius 3 is 2.48 bits per heavy atom. The molecule has 2 heterocycles. The largest absolute Gasteiger partial charge is 0.332 e. The van der Waals surface area contributed by atoms with E-state index in [9.17, 15) is 0 Å². The summed E-state index contributed by atoms with van der Waals surface area (Å²) in [5, 5.41) is 3.48. The average molecular weight is 290 g/mol. The van der Waals surface area contributed by atoms with E-state index in [1.54, 1.807) is 0 Å². The molecule has 21 heavy (non-hydrogen) atoms. The Hall–Kier alpha value is -0.870. The van der Waals surface area contributed by atoms with Gasteiger partial charge in [-0.25, -0.2) is 4.98 Å². The fourth-order valence-electron chi connectivity index (χ4n) is 4.28. The van der Waals surface area contributed by atoms with Crippen molar-refractivity contribution in [2.24, 2.45) is 0 Å². The van der Waals surface area contributed by atoms with Gasteiger partial charge < -0.3 is 14.8 Å². The summed E-state index contributed by atoms with van der Waals surface area (Å²) in [6.07, 6.45) is 12.0. The minimum atomic E-state index is 0.286. The number of nitrogens with one attached hydrogen (secondary N) is 1. The standard InChI is InChI=1S/C17H30N4/c1-16(8-10-18-11-9-16)15-12-19-14-21(15)13-17(20(2)3)6-4-5-7-17/h12,14,18H,4-11,13H2,1-3H3. The van der Waals surface area contributed by atoms with E-state index in [2.05, 4.69) is 53.3 Å². The fourth-order valence-corrected chi connectivity index (χ4v) is 4.28.